The number of rotatable bonds is 5. The maximum Gasteiger partial charge on any atom is 0.258 e. The average molecular weight is 413 g/mol. The zero-order valence-corrected chi connectivity index (χ0v) is 17.4. The summed E-state index contributed by atoms with van der Waals surface area (Å²) in [7, 11) is -3.57. The van der Waals surface area contributed by atoms with Gasteiger partial charge in [-0.1, -0.05) is 31.1 Å². The highest BCUT2D eigenvalue weighted by Gasteiger charge is 2.41. The first-order valence-electron chi connectivity index (χ1n) is 9.76. The van der Waals surface area contributed by atoms with E-state index in [4.69, 9.17) is 4.52 Å². The van der Waals surface area contributed by atoms with Crippen LogP contribution in [0.4, 0.5) is 0 Å². The highest BCUT2D eigenvalue weighted by atomic mass is 32.2. The van der Waals surface area contributed by atoms with Crippen LogP contribution in [0.1, 0.15) is 38.1 Å². The van der Waals surface area contributed by atoms with Crippen LogP contribution in [0.15, 0.2) is 58.2 Å². The van der Waals surface area contributed by atoms with Crippen LogP contribution >= 0.6 is 0 Å². The molecule has 2 aromatic heterocycles. The van der Waals surface area contributed by atoms with Crippen molar-refractivity contribution >= 4 is 10.0 Å². The minimum Gasteiger partial charge on any atom is -0.334 e. The van der Waals surface area contributed by atoms with Crippen LogP contribution in [0.2, 0.25) is 0 Å². The number of piperidine rings is 1. The molecule has 8 heteroatoms. The van der Waals surface area contributed by atoms with E-state index in [1.165, 1.54) is 0 Å². The van der Waals surface area contributed by atoms with Gasteiger partial charge in [-0.15, -0.1) is 0 Å². The number of hydrogen-bond donors (Lipinski definition) is 0. The molecule has 0 radical (unpaired) electrons. The summed E-state index contributed by atoms with van der Waals surface area (Å²) in [6, 6.07) is 10.7. The van der Waals surface area contributed by atoms with Gasteiger partial charge in [0.1, 0.15) is 0 Å². The van der Waals surface area contributed by atoms with Crippen LogP contribution in [0.5, 0.6) is 0 Å². The lowest BCUT2D eigenvalue weighted by atomic mass is 9.82. The topological polar surface area (TPSA) is 89.2 Å². The van der Waals surface area contributed by atoms with Gasteiger partial charge >= 0.3 is 0 Å². The number of nitrogens with zero attached hydrogens (tertiary/aromatic N) is 4. The molecule has 7 nitrogen and oxygen atoms in total. The number of aromatic nitrogens is 3. The van der Waals surface area contributed by atoms with Crippen LogP contribution in [-0.4, -0.2) is 40.9 Å². The molecule has 1 aliphatic rings. The summed E-state index contributed by atoms with van der Waals surface area (Å²) in [5, 5.41) is 4.17. The van der Waals surface area contributed by atoms with E-state index in [9.17, 15) is 8.42 Å². The molecule has 0 spiro atoms. The molecule has 0 bridgehead atoms. The van der Waals surface area contributed by atoms with Crippen LogP contribution in [0, 0.1) is 0 Å². The van der Waals surface area contributed by atoms with Crippen molar-refractivity contribution in [2.75, 3.05) is 13.1 Å². The van der Waals surface area contributed by atoms with Crippen molar-refractivity contribution < 1.29 is 12.9 Å². The SMILES string of the molecule is CCc1ccc(S(=O)(=O)N2CCCC(C)(c3noc(-c4ccncc4)n3)C2)cc1. The van der Waals surface area contributed by atoms with E-state index in [0.29, 0.717) is 29.7 Å². The van der Waals surface area contributed by atoms with Crippen molar-refractivity contribution in [2.45, 2.75) is 43.4 Å². The Bertz CT molecular complexity index is 1080. The Kier molecular flexibility index (Phi) is 5.23. The van der Waals surface area contributed by atoms with Crippen molar-refractivity contribution in [3.05, 3.63) is 60.2 Å². The molecule has 1 unspecified atom stereocenters. The van der Waals surface area contributed by atoms with E-state index in [1.54, 1.807) is 41.0 Å². The monoisotopic (exact) mass is 412 g/mol. The lowest BCUT2D eigenvalue weighted by molar-refractivity contribution is 0.226. The van der Waals surface area contributed by atoms with Crippen molar-refractivity contribution in [1.82, 2.24) is 19.4 Å². The third-order valence-electron chi connectivity index (χ3n) is 5.52. The van der Waals surface area contributed by atoms with Gasteiger partial charge in [-0.25, -0.2) is 8.42 Å². The second-order valence-electron chi connectivity index (χ2n) is 7.66. The smallest absolute Gasteiger partial charge is 0.258 e. The van der Waals surface area contributed by atoms with Crippen LogP contribution in [-0.2, 0) is 21.9 Å². The number of pyridine rings is 1. The Hall–Kier alpha value is -2.58. The van der Waals surface area contributed by atoms with Gasteiger partial charge in [-0.05, 0) is 49.1 Å². The molecule has 0 amide bonds. The molecular weight excluding hydrogens is 388 g/mol. The molecule has 1 saturated heterocycles. The summed E-state index contributed by atoms with van der Waals surface area (Å²) in [6.07, 6.45) is 5.74. The molecule has 0 aliphatic carbocycles. The van der Waals surface area contributed by atoms with Crippen molar-refractivity contribution in [3.63, 3.8) is 0 Å². The molecule has 1 aromatic carbocycles. The summed E-state index contributed by atoms with van der Waals surface area (Å²) < 4.78 is 33.4. The van der Waals surface area contributed by atoms with Gasteiger partial charge in [0.05, 0.1) is 4.90 Å². The lowest BCUT2D eigenvalue weighted by Crippen LogP contribution is -2.47. The van der Waals surface area contributed by atoms with E-state index in [0.717, 1.165) is 30.4 Å². The van der Waals surface area contributed by atoms with Crippen LogP contribution in [0.25, 0.3) is 11.5 Å². The predicted molar refractivity (Wildman–Crippen MR) is 109 cm³/mol. The molecule has 1 aliphatic heterocycles. The first-order chi connectivity index (χ1) is 13.9. The van der Waals surface area contributed by atoms with Crippen molar-refractivity contribution in [2.24, 2.45) is 0 Å². The Morgan fingerprint density at radius 1 is 1.14 bits per heavy atom. The van der Waals surface area contributed by atoms with Gasteiger partial charge in [0.25, 0.3) is 5.89 Å². The zero-order valence-electron chi connectivity index (χ0n) is 16.6. The van der Waals surface area contributed by atoms with Crippen LogP contribution in [0.3, 0.4) is 0 Å². The minimum atomic E-state index is -3.57. The van der Waals surface area contributed by atoms with E-state index in [-0.39, 0.29) is 0 Å². The first kappa shape index (κ1) is 19.7. The fourth-order valence-electron chi connectivity index (χ4n) is 3.71. The summed E-state index contributed by atoms with van der Waals surface area (Å²) in [5.41, 5.74) is 1.39. The fraction of sp³-hybridized carbons (Fsp3) is 0.381. The minimum absolute atomic E-state index is 0.320. The Morgan fingerprint density at radius 2 is 1.86 bits per heavy atom. The second-order valence-corrected chi connectivity index (χ2v) is 9.60. The number of sulfonamides is 1. The van der Waals surface area contributed by atoms with Gasteiger partial charge in [0.2, 0.25) is 10.0 Å². The molecule has 3 aromatic rings. The van der Waals surface area contributed by atoms with Gasteiger partial charge in [-0.2, -0.15) is 9.29 Å². The van der Waals surface area contributed by atoms with Gasteiger partial charge in [0.15, 0.2) is 5.82 Å². The molecule has 3 heterocycles. The first-order valence-corrected chi connectivity index (χ1v) is 11.2. The normalized spacial score (nSPS) is 20.6. The molecule has 1 fully saturated rings. The maximum atomic E-state index is 13.2. The van der Waals surface area contributed by atoms with E-state index >= 15 is 0 Å². The molecule has 152 valence electrons. The summed E-state index contributed by atoms with van der Waals surface area (Å²) >= 11 is 0. The molecule has 0 N–H and O–H groups in total. The largest absolute Gasteiger partial charge is 0.334 e. The van der Waals surface area contributed by atoms with E-state index < -0.39 is 15.4 Å². The third-order valence-corrected chi connectivity index (χ3v) is 7.38. The molecule has 29 heavy (non-hydrogen) atoms. The summed E-state index contributed by atoms with van der Waals surface area (Å²) in [6.45, 7) is 4.85. The highest BCUT2D eigenvalue weighted by molar-refractivity contribution is 7.89. The Labute approximate surface area is 170 Å². The summed E-state index contributed by atoms with van der Waals surface area (Å²) in [5.74, 6) is 0.948. The van der Waals surface area contributed by atoms with Gasteiger partial charge in [-0.3, -0.25) is 4.98 Å². The number of benzene rings is 1. The molecule has 0 saturated carbocycles. The number of hydrogen-bond acceptors (Lipinski definition) is 6. The highest BCUT2D eigenvalue weighted by Crippen LogP contribution is 2.35. The molecular formula is C21H24N4O3S. The fourth-order valence-corrected chi connectivity index (χ4v) is 5.31. The van der Waals surface area contributed by atoms with Crippen molar-refractivity contribution in [1.29, 1.82) is 0 Å². The zero-order chi connectivity index (χ0) is 20.5. The Morgan fingerprint density at radius 3 is 2.55 bits per heavy atom. The quantitative estimate of drug-likeness (QED) is 0.638. The summed E-state index contributed by atoms with van der Waals surface area (Å²) in [4.78, 5) is 8.88. The van der Waals surface area contributed by atoms with Crippen molar-refractivity contribution in [3.8, 4) is 11.5 Å². The Balaban J connectivity index is 1.59. The third kappa shape index (κ3) is 3.82. The van der Waals surface area contributed by atoms with Gasteiger partial charge < -0.3 is 4.52 Å². The lowest BCUT2D eigenvalue weighted by Gasteiger charge is -2.37. The average Bonchev–Trinajstić information content (AvgIpc) is 3.26. The predicted octanol–water partition coefficient (Wildman–Crippen LogP) is 3.44. The maximum absolute atomic E-state index is 13.2. The molecule has 1 atom stereocenters. The number of aryl methyl sites for hydroxylation is 1. The van der Waals surface area contributed by atoms with E-state index in [2.05, 4.69) is 15.1 Å². The van der Waals surface area contributed by atoms with Crippen LogP contribution < -0.4 is 0 Å². The van der Waals surface area contributed by atoms with Gasteiger partial charge in [0, 0.05) is 36.5 Å². The second kappa shape index (κ2) is 7.68. The van der Waals surface area contributed by atoms with E-state index in [1.807, 2.05) is 26.0 Å². The standard InChI is InChI=1S/C21H24N4O3S/c1-3-16-5-7-18(8-6-16)29(26,27)25-14-4-11-21(2,15-25)20-23-19(28-24-20)17-9-12-22-13-10-17/h5-10,12-13H,3-4,11,14-15H2,1-2H3. The molecule has 4 rings (SSSR count).